The van der Waals surface area contributed by atoms with Gasteiger partial charge in [-0.2, -0.15) is 0 Å². The number of hydrogen-bond donors (Lipinski definition) is 1. The Kier molecular flexibility index (Phi) is 4.82. The lowest BCUT2D eigenvalue weighted by molar-refractivity contribution is -0.116. The summed E-state index contributed by atoms with van der Waals surface area (Å²) < 4.78 is 1.65. The first kappa shape index (κ1) is 18.2. The van der Waals surface area contributed by atoms with Crippen molar-refractivity contribution in [3.63, 3.8) is 0 Å². The summed E-state index contributed by atoms with van der Waals surface area (Å²) in [7, 11) is 1.79. The van der Waals surface area contributed by atoms with Gasteiger partial charge in [0.2, 0.25) is 5.91 Å². The number of aromatic nitrogens is 2. The van der Waals surface area contributed by atoms with E-state index in [0.29, 0.717) is 19.3 Å². The zero-order chi connectivity index (χ0) is 19.7. The molecule has 3 heterocycles. The van der Waals surface area contributed by atoms with Gasteiger partial charge >= 0.3 is 0 Å². The maximum Gasteiger partial charge on any atom is 0.253 e. The molecule has 1 aromatic carbocycles. The summed E-state index contributed by atoms with van der Waals surface area (Å²) in [6.07, 6.45) is 6.26. The third-order valence-corrected chi connectivity index (χ3v) is 5.27. The highest BCUT2D eigenvalue weighted by Gasteiger charge is 2.19. The van der Waals surface area contributed by atoms with Crippen molar-refractivity contribution in [1.82, 2.24) is 9.55 Å². The number of anilines is 1. The Balaban J connectivity index is 1.89. The van der Waals surface area contributed by atoms with E-state index in [9.17, 15) is 9.59 Å². The molecule has 142 valence electrons. The van der Waals surface area contributed by atoms with E-state index < -0.39 is 0 Å². The maximum absolute atomic E-state index is 12.3. The number of fused-ring (bicyclic) bond motifs is 1. The molecule has 1 N–H and O–H groups in total. The SMILES string of the molecule is CCc1cc(-c2cc3c(cc2Cc2ccccn2)NC(=O)CC3)cn(C)c1=O. The van der Waals surface area contributed by atoms with Gasteiger partial charge in [0, 0.05) is 49.2 Å². The molecular formula is C23H23N3O2. The monoisotopic (exact) mass is 373 g/mol. The van der Waals surface area contributed by atoms with Crippen molar-refractivity contribution in [2.24, 2.45) is 7.05 Å². The first-order valence-corrected chi connectivity index (χ1v) is 9.60. The fourth-order valence-corrected chi connectivity index (χ4v) is 3.77. The quantitative estimate of drug-likeness (QED) is 0.761. The summed E-state index contributed by atoms with van der Waals surface area (Å²) in [5.74, 6) is 0.0550. The van der Waals surface area contributed by atoms with Gasteiger partial charge in [-0.1, -0.05) is 13.0 Å². The molecule has 0 unspecified atom stereocenters. The van der Waals surface area contributed by atoms with Crippen LogP contribution in [0.5, 0.6) is 0 Å². The number of nitrogens with zero attached hydrogens (tertiary/aromatic N) is 2. The predicted octanol–water partition coefficient (Wildman–Crippen LogP) is 3.49. The molecule has 28 heavy (non-hydrogen) atoms. The van der Waals surface area contributed by atoms with Crippen LogP contribution in [-0.2, 0) is 31.1 Å². The van der Waals surface area contributed by atoms with Crippen molar-refractivity contribution < 1.29 is 4.79 Å². The van der Waals surface area contributed by atoms with Crippen molar-refractivity contribution in [2.45, 2.75) is 32.6 Å². The van der Waals surface area contributed by atoms with E-state index in [4.69, 9.17) is 0 Å². The van der Waals surface area contributed by atoms with Crippen LogP contribution in [-0.4, -0.2) is 15.5 Å². The summed E-state index contributed by atoms with van der Waals surface area (Å²) in [5, 5.41) is 2.99. The number of hydrogen-bond acceptors (Lipinski definition) is 3. The van der Waals surface area contributed by atoms with Crippen molar-refractivity contribution in [2.75, 3.05) is 5.32 Å². The Morgan fingerprint density at radius 1 is 1.11 bits per heavy atom. The Morgan fingerprint density at radius 2 is 1.96 bits per heavy atom. The molecular weight excluding hydrogens is 350 g/mol. The smallest absolute Gasteiger partial charge is 0.253 e. The molecule has 0 atom stereocenters. The molecule has 4 rings (SSSR count). The van der Waals surface area contributed by atoms with Crippen LogP contribution in [0.4, 0.5) is 5.69 Å². The average Bonchev–Trinajstić information content (AvgIpc) is 2.70. The van der Waals surface area contributed by atoms with Gasteiger partial charge in [0.25, 0.3) is 5.56 Å². The second-order valence-corrected chi connectivity index (χ2v) is 7.24. The molecule has 0 fully saturated rings. The number of rotatable bonds is 4. The van der Waals surface area contributed by atoms with Crippen LogP contribution in [0, 0.1) is 0 Å². The maximum atomic E-state index is 12.3. The lowest BCUT2D eigenvalue weighted by Gasteiger charge is -2.21. The van der Waals surface area contributed by atoms with Crippen molar-refractivity contribution in [3.8, 4) is 11.1 Å². The number of amides is 1. The minimum absolute atomic E-state index is 0.0442. The van der Waals surface area contributed by atoms with Gasteiger partial charge in [-0.05, 0) is 65.4 Å². The topological polar surface area (TPSA) is 64.0 Å². The van der Waals surface area contributed by atoms with Crippen LogP contribution in [0.15, 0.2) is 53.6 Å². The van der Waals surface area contributed by atoms with Gasteiger partial charge in [-0.3, -0.25) is 14.6 Å². The molecule has 0 saturated heterocycles. The molecule has 1 amide bonds. The molecule has 1 aliphatic heterocycles. The summed E-state index contributed by atoms with van der Waals surface area (Å²) in [5.41, 5.74) is 7.01. The second-order valence-electron chi connectivity index (χ2n) is 7.24. The van der Waals surface area contributed by atoms with E-state index in [1.165, 1.54) is 0 Å². The third-order valence-electron chi connectivity index (χ3n) is 5.27. The number of benzene rings is 1. The first-order valence-electron chi connectivity index (χ1n) is 9.60. The molecule has 1 aliphatic rings. The average molecular weight is 373 g/mol. The minimum Gasteiger partial charge on any atom is -0.326 e. The molecule has 0 saturated carbocycles. The lowest BCUT2D eigenvalue weighted by atomic mass is 9.90. The van der Waals surface area contributed by atoms with E-state index in [1.54, 1.807) is 17.8 Å². The number of carbonyl (C=O) groups excluding carboxylic acids is 1. The zero-order valence-corrected chi connectivity index (χ0v) is 16.2. The molecule has 0 spiro atoms. The highest BCUT2D eigenvalue weighted by molar-refractivity contribution is 5.94. The van der Waals surface area contributed by atoms with E-state index >= 15 is 0 Å². The van der Waals surface area contributed by atoms with Gasteiger partial charge in [0.05, 0.1) is 0 Å². The summed E-state index contributed by atoms with van der Waals surface area (Å²) >= 11 is 0. The Hall–Kier alpha value is -3.21. The fraction of sp³-hybridized carbons (Fsp3) is 0.261. The van der Waals surface area contributed by atoms with Gasteiger partial charge in [-0.15, -0.1) is 0 Å². The molecule has 0 radical (unpaired) electrons. The van der Waals surface area contributed by atoms with Crippen LogP contribution in [0.25, 0.3) is 11.1 Å². The summed E-state index contributed by atoms with van der Waals surface area (Å²) in [6.45, 7) is 2.00. The zero-order valence-electron chi connectivity index (χ0n) is 16.2. The van der Waals surface area contributed by atoms with Gasteiger partial charge in [0.15, 0.2) is 0 Å². The van der Waals surface area contributed by atoms with Crippen molar-refractivity contribution in [1.29, 1.82) is 0 Å². The van der Waals surface area contributed by atoms with E-state index in [0.717, 1.165) is 45.6 Å². The van der Waals surface area contributed by atoms with Gasteiger partial charge in [-0.25, -0.2) is 0 Å². The van der Waals surface area contributed by atoms with Crippen LogP contribution < -0.4 is 10.9 Å². The minimum atomic E-state index is 0.0442. The van der Waals surface area contributed by atoms with Crippen LogP contribution in [0.2, 0.25) is 0 Å². The number of pyridine rings is 2. The molecule has 2 aromatic heterocycles. The first-order chi connectivity index (χ1) is 13.5. The molecule has 5 nitrogen and oxygen atoms in total. The van der Waals surface area contributed by atoms with E-state index in [-0.39, 0.29) is 11.5 Å². The van der Waals surface area contributed by atoms with Crippen LogP contribution in [0.1, 0.15) is 35.7 Å². The normalized spacial score (nSPS) is 13.1. The molecule has 0 bridgehead atoms. The van der Waals surface area contributed by atoms with Crippen molar-refractivity contribution in [3.05, 3.63) is 81.5 Å². The molecule has 5 heteroatoms. The van der Waals surface area contributed by atoms with E-state index in [1.807, 2.05) is 37.4 Å². The Morgan fingerprint density at radius 3 is 2.71 bits per heavy atom. The number of carbonyl (C=O) groups is 1. The van der Waals surface area contributed by atoms with Crippen LogP contribution >= 0.6 is 0 Å². The number of nitrogens with one attached hydrogen (secondary N) is 1. The molecule has 3 aromatic rings. The number of aryl methyl sites for hydroxylation is 3. The standard InChI is InChI=1S/C23H23N3O2/c1-3-15-10-18(14-26(2)23(15)28)20-12-16-7-8-22(27)25-21(16)13-17(20)11-19-6-4-5-9-24-19/h4-6,9-10,12-14H,3,7-8,11H2,1-2H3,(H,25,27). The second kappa shape index (κ2) is 7.43. The summed E-state index contributed by atoms with van der Waals surface area (Å²) in [4.78, 5) is 28.6. The third kappa shape index (κ3) is 3.48. The Labute approximate surface area is 164 Å². The fourth-order valence-electron chi connectivity index (χ4n) is 3.77. The van der Waals surface area contributed by atoms with Gasteiger partial charge < -0.3 is 9.88 Å². The van der Waals surface area contributed by atoms with Crippen LogP contribution in [0.3, 0.4) is 0 Å². The molecule has 0 aliphatic carbocycles. The Bertz CT molecular complexity index is 1100. The van der Waals surface area contributed by atoms with Gasteiger partial charge in [0.1, 0.15) is 0 Å². The highest BCUT2D eigenvalue weighted by atomic mass is 16.1. The highest BCUT2D eigenvalue weighted by Crippen LogP contribution is 2.33. The van der Waals surface area contributed by atoms with E-state index in [2.05, 4.69) is 22.4 Å². The predicted molar refractivity (Wildman–Crippen MR) is 110 cm³/mol. The largest absolute Gasteiger partial charge is 0.326 e. The summed E-state index contributed by atoms with van der Waals surface area (Å²) in [6, 6.07) is 12.1. The van der Waals surface area contributed by atoms with Crippen molar-refractivity contribution >= 4 is 11.6 Å². The lowest BCUT2D eigenvalue weighted by Crippen LogP contribution is -2.21.